The van der Waals surface area contributed by atoms with Crippen molar-refractivity contribution in [2.75, 3.05) is 13.6 Å². The van der Waals surface area contributed by atoms with Crippen molar-refractivity contribution in [3.8, 4) is 0 Å². The number of hydrogen-bond acceptors (Lipinski definition) is 3. The quantitative estimate of drug-likeness (QED) is 0.899. The maximum Gasteiger partial charge on any atom is 0.416 e. The molecule has 19 heavy (non-hydrogen) atoms. The van der Waals surface area contributed by atoms with Gasteiger partial charge in [-0.2, -0.15) is 13.2 Å². The third kappa shape index (κ3) is 2.51. The first-order valence-corrected chi connectivity index (χ1v) is 5.65. The number of benzene rings is 1. The molecule has 1 aliphatic heterocycles. The number of nitrogens with two attached hydrogens (primary N) is 1. The Morgan fingerprint density at radius 3 is 2.37 bits per heavy atom. The molecule has 0 saturated carbocycles. The summed E-state index contributed by atoms with van der Waals surface area (Å²) in [4.78, 5) is 12.8. The van der Waals surface area contributed by atoms with Gasteiger partial charge < -0.3 is 15.4 Å². The summed E-state index contributed by atoms with van der Waals surface area (Å²) >= 11 is 0. The number of rotatable bonds is 2. The minimum atomic E-state index is -4.38. The molecule has 1 amide bonds. The van der Waals surface area contributed by atoms with Gasteiger partial charge in [-0.3, -0.25) is 0 Å². The topological polar surface area (TPSA) is 55.6 Å². The molecule has 2 atom stereocenters. The van der Waals surface area contributed by atoms with Crippen LogP contribution in [0.15, 0.2) is 24.3 Å². The molecule has 0 bridgehead atoms. The molecule has 0 spiro atoms. The summed E-state index contributed by atoms with van der Waals surface area (Å²) in [5.41, 5.74) is 5.32. The van der Waals surface area contributed by atoms with Crippen LogP contribution >= 0.6 is 0 Å². The van der Waals surface area contributed by atoms with Crippen LogP contribution in [-0.4, -0.2) is 30.6 Å². The van der Waals surface area contributed by atoms with Gasteiger partial charge in [0.05, 0.1) is 11.6 Å². The van der Waals surface area contributed by atoms with Crippen LogP contribution in [-0.2, 0) is 10.9 Å². The van der Waals surface area contributed by atoms with E-state index < -0.39 is 23.9 Å². The van der Waals surface area contributed by atoms with Crippen LogP contribution in [0.4, 0.5) is 18.0 Å². The molecular formula is C12H13F3N2O2. The Bertz CT molecular complexity index is 473. The van der Waals surface area contributed by atoms with Crippen molar-refractivity contribution in [3.63, 3.8) is 0 Å². The largest absolute Gasteiger partial charge is 0.439 e. The number of carbonyl (C=O) groups excluding carboxylic acids is 1. The molecule has 2 rings (SSSR count). The minimum Gasteiger partial charge on any atom is -0.439 e. The van der Waals surface area contributed by atoms with E-state index in [2.05, 4.69) is 0 Å². The zero-order valence-electron chi connectivity index (χ0n) is 10.1. The molecule has 1 heterocycles. The summed E-state index contributed by atoms with van der Waals surface area (Å²) in [5.74, 6) is 0. The Morgan fingerprint density at radius 2 is 1.89 bits per heavy atom. The maximum absolute atomic E-state index is 12.5. The minimum absolute atomic E-state index is 0.175. The van der Waals surface area contributed by atoms with Crippen molar-refractivity contribution >= 4 is 6.09 Å². The standard InChI is InChI=1S/C12H13F3N2O2/c1-17-9(6-16)10(19-11(17)18)7-2-4-8(5-3-7)12(13,14)15/h2-5,9-10H,6,16H2,1H3. The highest BCUT2D eigenvalue weighted by atomic mass is 19.4. The highest BCUT2D eigenvalue weighted by Gasteiger charge is 2.39. The molecule has 1 saturated heterocycles. The SMILES string of the molecule is CN1C(=O)OC(c2ccc(C(F)(F)F)cc2)C1CN. The molecule has 7 heteroatoms. The molecule has 1 aromatic rings. The number of halogens is 3. The molecule has 2 unspecified atom stereocenters. The van der Waals surface area contributed by atoms with Gasteiger partial charge in [0.1, 0.15) is 0 Å². The Hall–Kier alpha value is -1.76. The van der Waals surface area contributed by atoms with Crippen LogP contribution in [0.25, 0.3) is 0 Å². The average molecular weight is 274 g/mol. The lowest BCUT2D eigenvalue weighted by Gasteiger charge is -2.19. The lowest BCUT2D eigenvalue weighted by Crippen LogP contribution is -2.36. The van der Waals surface area contributed by atoms with E-state index in [1.165, 1.54) is 17.0 Å². The highest BCUT2D eigenvalue weighted by Crippen LogP contribution is 2.34. The normalized spacial score (nSPS) is 23.6. The van der Waals surface area contributed by atoms with Crippen LogP contribution in [0.3, 0.4) is 0 Å². The van der Waals surface area contributed by atoms with Gasteiger partial charge in [0.15, 0.2) is 6.10 Å². The number of carbonyl (C=O) groups is 1. The lowest BCUT2D eigenvalue weighted by atomic mass is 10.0. The van der Waals surface area contributed by atoms with Crippen molar-refractivity contribution in [3.05, 3.63) is 35.4 Å². The molecule has 104 valence electrons. The molecule has 1 aromatic carbocycles. The third-order valence-corrected chi connectivity index (χ3v) is 3.17. The van der Waals surface area contributed by atoms with Crippen LogP contribution in [0.2, 0.25) is 0 Å². The van der Waals surface area contributed by atoms with Gasteiger partial charge in [-0.25, -0.2) is 4.79 Å². The second-order valence-electron chi connectivity index (χ2n) is 4.34. The maximum atomic E-state index is 12.5. The Labute approximate surface area is 107 Å². The van der Waals surface area contributed by atoms with Crippen molar-refractivity contribution in [2.45, 2.75) is 18.3 Å². The number of alkyl halides is 3. The monoisotopic (exact) mass is 274 g/mol. The van der Waals surface area contributed by atoms with E-state index in [1.807, 2.05) is 0 Å². The predicted octanol–water partition coefficient (Wildman–Crippen LogP) is 2.16. The zero-order chi connectivity index (χ0) is 14.2. The first kappa shape index (κ1) is 13.7. The fourth-order valence-corrected chi connectivity index (χ4v) is 2.04. The summed E-state index contributed by atoms with van der Waals surface area (Å²) in [5, 5.41) is 0. The predicted molar refractivity (Wildman–Crippen MR) is 61.3 cm³/mol. The van der Waals surface area contributed by atoms with E-state index >= 15 is 0 Å². The third-order valence-electron chi connectivity index (χ3n) is 3.17. The molecule has 2 N–H and O–H groups in total. The van der Waals surface area contributed by atoms with Gasteiger partial charge in [-0.05, 0) is 17.7 Å². The smallest absolute Gasteiger partial charge is 0.416 e. The number of nitrogens with zero attached hydrogens (tertiary/aromatic N) is 1. The Balaban J connectivity index is 2.25. The first-order valence-electron chi connectivity index (χ1n) is 5.65. The van der Waals surface area contributed by atoms with Crippen LogP contribution in [0.1, 0.15) is 17.2 Å². The van der Waals surface area contributed by atoms with Crippen LogP contribution < -0.4 is 5.73 Å². The molecule has 1 fully saturated rings. The van der Waals surface area contributed by atoms with E-state index in [0.29, 0.717) is 5.56 Å². The Morgan fingerprint density at radius 1 is 1.32 bits per heavy atom. The number of likely N-dealkylation sites (N-methyl/N-ethyl adjacent to an activating group) is 1. The van der Waals surface area contributed by atoms with Crippen LogP contribution in [0.5, 0.6) is 0 Å². The zero-order valence-corrected chi connectivity index (χ0v) is 10.1. The van der Waals surface area contributed by atoms with Gasteiger partial charge in [-0.15, -0.1) is 0 Å². The molecule has 0 aromatic heterocycles. The highest BCUT2D eigenvalue weighted by molar-refractivity contribution is 5.70. The second-order valence-corrected chi connectivity index (χ2v) is 4.34. The molecule has 4 nitrogen and oxygen atoms in total. The fraction of sp³-hybridized carbons (Fsp3) is 0.417. The summed E-state index contributed by atoms with van der Waals surface area (Å²) in [6, 6.07) is 4.18. The van der Waals surface area contributed by atoms with Gasteiger partial charge in [0, 0.05) is 13.6 Å². The number of cyclic esters (lactones) is 1. The van der Waals surface area contributed by atoms with Gasteiger partial charge in [0.25, 0.3) is 0 Å². The summed E-state index contributed by atoms with van der Waals surface area (Å²) in [6.07, 6.45) is -5.54. The number of amides is 1. The Kier molecular flexibility index (Phi) is 3.40. The fourth-order valence-electron chi connectivity index (χ4n) is 2.04. The van der Waals surface area contributed by atoms with Crippen molar-refractivity contribution in [2.24, 2.45) is 5.73 Å². The molecule has 0 aliphatic carbocycles. The van der Waals surface area contributed by atoms with E-state index in [4.69, 9.17) is 10.5 Å². The van der Waals surface area contributed by atoms with Gasteiger partial charge in [-0.1, -0.05) is 12.1 Å². The summed E-state index contributed by atoms with van der Waals surface area (Å²) in [6.45, 7) is 0.175. The summed E-state index contributed by atoms with van der Waals surface area (Å²) < 4.78 is 42.5. The molecule has 0 radical (unpaired) electrons. The summed E-state index contributed by atoms with van der Waals surface area (Å²) in [7, 11) is 1.55. The number of hydrogen-bond donors (Lipinski definition) is 1. The second kappa shape index (κ2) is 4.73. The average Bonchev–Trinajstić information content (AvgIpc) is 2.64. The van der Waals surface area contributed by atoms with E-state index in [0.717, 1.165) is 12.1 Å². The first-order chi connectivity index (χ1) is 8.84. The van der Waals surface area contributed by atoms with Gasteiger partial charge in [0.2, 0.25) is 0 Å². The van der Waals surface area contributed by atoms with E-state index in [9.17, 15) is 18.0 Å². The van der Waals surface area contributed by atoms with Gasteiger partial charge >= 0.3 is 12.3 Å². The lowest BCUT2D eigenvalue weighted by molar-refractivity contribution is -0.137. The van der Waals surface area contributed by atoms with Crippen molar-refractivity contribution in [1.29, 1.82) is 0 Å². The molecule has 1 aliphatic rings. The van der Waals surface area contributed by atoms with Crippen LogP contribution in [0, 0.1) is 0 Å². The van der Waals surface area contributed by atoms with E-state index in [1.54, 1.807) is 7.05 Å². The van der Waals surface area contributed by atoms with E-state index in [-0.39, 0.29) is 12.6 Å². The molecular weight excluding hydrogens is 261 g/mol. The van der Waals surface area contributed by atoms with Crippen molar-refractivity contribution < 1.29 is 22.7 Å². The number of ether oxygens (including phenoxy) is 1. The van der Waals surface area contributed by atoms with Crippen molar-refractivity contribution in [1.82, 2.24) is 4.90 Å².